The summed E-state index contributed by atoms with van der Waals surface area (Å²) in [6.45, 7) is 0.579. The van der Waals surface area contributed by atoms with Crippen LogP contribution in [0.4, 0.5) is 0 Å². The molecule has 0 saturated heterocycles. The predicted octanol–water partition coefficient (Wildman–Crippen LogP) is 1.49. The molecule has 1 saturated carbocycles. The van der Waals surface area contributed by atoms with Crippen LogP contribution in [0.1, 0.15) is 24.8 Å². The minimum atomic E-state index is 0.0425. The van der Waals surface area contributed by atoms with Crippen molar-refractivity contribution in [3.63, 3.8) is 0 Å². The molecular weight excluding hydrogens is 268 g/mol. The maximum atomic E-state index is 11.8. The van der Waals surface area contributed by atoms with E-state index in [1.165, 1.54) is 12.8 Å². The highest BCUT2D eigenvalue weighted by Crippen LogP contribution is 2.31. The zero-order valence-electron chi connectivity index (χ0n) is 12.7. The normalized spacial score (nSPS) is 15.4. The van der Waals surface area contributed by atoms with Gasteiger partial charge in [0.1, 0.15) is 0 Å². The minimum absolute atomic E-state index is 0.0425. The van der Waals surface area contributed by atoms with E-state index >= 15 is 0 Å². The summed E-state index contributed by atoms with van der Waals surface area (Å²) in [4.78, 5) is 11.8. The lowest BCUT2D eigenvalue weighted by molar-refractivity contribution is -0.121. The van der Waals surface area contributed by atoms with Gasteiger partial charge in [0.2, 0.25) is 5.91 Å². The molecule has 1 aromatic rings. The van der Waals surface area contributed by atoms with E-state index in [-0.39, 0.29) is 11.9 Å². The van der Waals surface area contributed by atoms with Crippen molar-refractivity contribution in [2.75, 3.05) is 20.8 Å². The molecule has 3 N–H and O–H groups in total. The van der Waals surface area contributed by atoms with Crippen LogP contribution in [0.25, 0.3) is 0 Å². The number of amides is 1. The number of methoxy groups -OCH3 is 2. The Morgan fingerprint density at radius 3 is 2.67 bits per heavy atom. The average molecular weight is 292 g/mol. The summed E-state index contributed by atoms with van der Waals surface area (Å²) in [5.41, 5.74) is 7.01. The van der Waals surface area contributed by atoms with Crippen molar-refractivity contribution in [1.82, 2.24) is 5.32 Å². The first-order valence-corrected chi connectivity index (χ1v) is 7.37. The van der Waals surface area contributed by atoms with Crippen LogP contribution in [-0.4, -0.2) is 32.7 Å². The Bertz CT molecular complexity index is 486. The molecular formula is C16H24N2O3. The number of benzene rings is 1. The van der Waals surface area contributed by atoms with Gasteiger partial charge in [-0.05, 0) is 42.9 Å². The second kappa shape index (κ2) is 7.31. The maximum absolute atomic E-state index is 11.8. The van der Waals surface area contributed by atoms with Crippen molar-refractivity contribution in [3.8, 4) is 11.5 Å². The molecule has 116 valence electrons. The lowest BCUT2D eigenvalue weighted by atomic mass is 10.1. The molecule has 1 aromatic carbocycles. The number of ether oxygens (including phenoxy) is 2. The first kappa shape index (κ1) is 15.6. The van der Waals surface area contributed by atoms with Crippen molar-refractivity contribution in [2.24, 2.45) is 11.7 Å². The highest BCUT2D eigenvalue weighted by Gasteiger charge is 2.28. The van der Waals surface area contributed by atoms with E-state index in [1.807, 2.05) is 18.2 Å². The van der Waals surface area contributed by atoms with Gasteiger partial charge in [0.15, 0.2) is 11.5 Å². The first-order valence-electron chi connectivity index (χ1n) is 7.37. The highest BCUT2D eigenvalue weighted by molar-refractivity contribution is 5.76. The number of carbonyl (C=O) groups is 1. The summed E-state index contributed by atoms with van der Waals surface area (Å²) < 4.78 is 10.4. The fourth-order valence-electron chi connectivity index (χ4n) is 2.31. The Labute approximate surface area is 125 Å². The van der Waals surface area contributed by atoms with Gasteiger partial charge in [0.05, 0.1) is 14.2 Å². The van der Waals surface area contributed by atoms with Gasteiger partial charge in [-0.1, -0.05) is 6.07 Å². The number of nitrogens with two attached hydrogens (primary N) is 1. The molecule has 1 atom stereocenters. The fourth-order valence-corrected chi connectivity index (χ4v) is 2.31. The lowest BCUT2D eigenvalue weighted by Crippen LogP contribution is -2.38. The molecule has 5 nitrogen and oxygen atoms in total. The largest absolute Gasteiger partial charge is 0.493 e. The molecule has 21 heavy (non-hydrogen) atoms. The second-order valence-electron chi connectivity index (χ2n) is 5.49. The smallest absolute Gasteiger partial charge is 0.220 e. The Morgan fingerprint density at radius 1 is 1.33 bits per heavy atom. The standard InChI is InChI=1S/C16H24N2O3/c1-20-14-7-3-11(9-15(14)21-2)4-8-16(19)18-10-13(17)12-5-6-12/h3,7,9,12-13H,4-6,8,10,17H2,1-2H3,(H,18,19). The van der Waals surface area contributed by atoms with Gasteiger partial charge in [-0.2, -0.15) is 0 Å². The highest BCUT2D eigenvalue weighted by atomic mass is 16.5. The van der Waals surface area contributed by atoms with E-state index in [0.29, 0.717) is 36.8 Å². The molecule has 1 amide bonds. The van der Waals surface area contributed by atoms with Crippen molar-refractivity contribution < 1.29 is 14.3 Å². The summed E-state index contributed by atoms with van der Waals surface area (Å²) in [5.74, 6) is 2.03. The van der Waals surface area contributed by atoms with Gasteiger partial charge >= 0.3 is 0 Å². The molecule has 0 radical (unpaired) electrons. The summed E-state index contributed by atoms with van der Waals surface area (Å²) >= 11 is 0. The summed E-state index contributed by atoms with van der Waals surface area (Å²) in [6.07, 6.45) is 3.52. The third-order valence-corrected chi connectivity index (χ3v) is 3.85. The van der Waals surface area contributed by atoms with Gasteiger partial charge in [0, 0.05) is 19.0 Å². The summed E-state index contributed by atoms with van der Waals surface area (Å²) in [7, 11) is 3.21. The molecule has 0 heterocycles. The van der Waals surface area contributed by atoms with Crippen molar-refractivity contribution in [2.45, 2.75) is 31.7 Å². The van der Waals surface area contributed by atoms with Gasteiger partial charge < -0.3 is 20.5 Å². The summed E-state index contributed by atoms with van der Waals surface area (Å²) in [5, 5.41) is 2.91. The maximum Gasteiger partial charge on any atom is 0.220 e. The minimum Gasteiger partial charge on any atom is -0.493 e. The number of rotatable bonds is 8. The zero-order valence-corrected chi connectivity index (χ0v) is 12.7. The molecule has 1 aliphatic carbocycles. The number of nitrogens with one attached hydrogen (secondary N) is 1. The topological polar surface area (TPSA) is 73.6 Å². The van der Waals surface area contributed by atoms with Gasteiger partial charge in [-0.15, -0.1) is 0 Å². The Balaban J connectivity index is 1.77. The predicted molar refractivity (Wildman–Crippen MR) is 81.6 cm³/mol. The van der Waals surface area contributed by atoms with E-state index in [0.717, 1.165) is 5.56 Å². The lowest BCUT2D eigenvalue weighted by Gasteiger charge is -2.12. The van der Waals surface area contributed by atoms with Crippen LogP contribution in [0.2, 0.25) is 0 Å². The van der Waals surface area contributed by atoms with E-state index in [4.69, 9.17) is 15.2 Å². The van der Waals surface area contributed by atoms with E-state index in [9.17, 15) is 4.79 Å². The molecule has 1 aliphatic rings. The Hall–Kier alpha value is -1.75. The number of carbonyl (C=O) groups excluding carboxylic acids is 1. The number of hydrogen-bond donors (Lipinski definition) is 2. The molecule has 1 unspecified atom stereocenters. The zero-order chi connectivity index (χ0) is 15.2. The van der Waals surface area contributed by atoms with Gasteiger partial charge in [-0.25, -0.2) is 0 Å². The molecule has 0 aliphatic heterocycles. The van der Waals surface area contributed by atoms with E-state index in [1.54, 1.807) is 14.2 Å². The number of hydrogen-bond acceptors (Lipinski definition) is 4. The molecule has 2 rings (SSSR count). The van der Waals surface area contributed by atoms with Crippen LogP contribution in [0.5, 0.6) is 11.5 Å². The fraction of sp³-hybridized carbons (Fsp3) is 0.562. The van der Waals surface area contributed by atoms with Crippen molar-refractivity contribution in [1.29, 1.82) is 0 Å². The van der Waals surface area contributed by atoms with E-state index in [2.05, 4.69) is 5.32 Å². The van der Waals surface area contributed by atoms with E-state index < -0.39 is 0 Å². The Kier molecular flexibility index (Phi) is 5.44. The monoisotopic (exact) mass is 292 g/mol. The third kappa shape index (κ3) is 4.63. The van der Waals surface area contributed by atoms with Gasteiger partial charge in [-0.3, -0.25) is 4.79 Å². The molecule has 0 bridgehead atoms. The average Bonchev–Trinajstić information content (AvgIpc) is 3.35. The second-order valence-corrected chi connectivity index (χ2v) is 5.49. The molecule has 0 spiro atoms. The van der Waals surface area contributed by atoms with Crippen LogP contribution in [0.3, 0.4) is 0 Å². The van der Waals surface area contributed by atoms with Gasteiger partial charge in [0.25, 0.3) is 0 Å². The van der Waals surface area contributed by atoms with Crippen LogP contribution in [-0.2, 0) is 11.2 Å². The number of aryl methyl sites for hydroxylation is 1. The van der Waals surface area contributed by atoms with Crippen molar-refractivity contribution in [3.05, 3.63) is 23.8 Å². The quantitative estimate of drug-likeness (QED) is 0.761. The molecule has 5 heteroatoms. The molecule has 1 fully saturated rings. The SMILES string of the molecule is COc1ccc(CCC(=O)NCC(N)C2CC2)cc1OC. The van der Waals surface area contributed by atoms with Crippen LogP contribution in [0.15, 0.2) is 18.2 Å². The third-order valence-electron chi connectivity index (χ3n) is 3.85. The first-order chi connectivity index (χ1) is 10.1. The van der Waals surface area contributed by atoms with Crippen molar-refractivity contribution >= 4 is 5.91 Å². The van der Waals surface area contributed by atoms with Crippen LogP contribution >= 0.6 is 0 Å². The Morgan fingerprint density at radius 2 is 2.05 bits per heavy atom. The van der Waals surface area contributed by atoms with Crippen LogP contribution < -0.4 is 20.5 Å². The summed E-state index contributed by atoms with van der Waals surface area (Å²) in [6, 6.07) is 5.82. The van der Waals surface area contributed by atoms with Crippen LogP contribution in [0, 0.1) is 5.92 Å². The molecule has 0 aromatic heterocycles.